The van der Waals surface area contributed by atoms with Crippen molar-refractivity contribution in [3.05, 3.63) is 71.4 Å². The molecule has 0 aromatic heterocycles. The lowest BCUT2D eigenvalue weighted by atomic mass is 9.93. The number of anilines is 1. The van der Waals surface area contributed by atoms with Gasteiger partial charge in [-0.3, -0.25) is 9.59 Å². The fraction of sp³-hybridized carbons (Fsp3) is 0.273. The number of piperidine rings is 1. The Balaban J connectivity index is 1.84. The molecule has 26 heavy (non-hydrogen) atoms. The lowest BCUT2D eigenvalue weighted by molar-refractivity contribution is -0.112. The van der Waals surface area contributed by atoms with Crippen LogP contribution in [0.2, 0.25) is 0 Å². The zero-order chi connectivity index (χ0) is 18.1. The highest BCUT2D eigenvalue weighted by molar-refractivity contribution is 6.41. The van der Waals surface area contributed by atoms with Crippen LogP contribution in [0.3, 0.4) is 0 Å². The minimum Gasteiger partial charge on any atom is -0.377 e. The third kappa shape index (κ3) is 2.81. The van der Waals surface area contributed by atoms with E-state index >= 15 is 0 Å². The molecule has 0 unspecified atom stereocenters. The molecule has 2 heterocycles. The number of likely N-dealkylation sites (tertiary alicyclic amines) is 1. The Hall–Kier alpha value is -2.88. The van der Waals surface area contributed by atoms with E-state index in [9.17, 15) is 9.59 Å². The molecule has 0 saturated carbocycles. The number of hydrogen-bond acceptors (Lipinski definition) is 3. The second-order valence-corrected chi connectivity index (χ2v) is 6.92. The highest BCUT2D eigenvalue weighted by Gasteiger charge is 2.36. The van der Waals surface area contributed by atoms with Crippen LogP contribution in [0.4, 0.5) is 5.69 Å². The summed E-state index contributed by atoms with van der Waals surface area (Å²) in [4.78, 5) is 30.0. The standard InChI is InChI=1S/C22H22N2O2/c1-16-9-3-6-12-20(16)24-21(25)18-11-5-4-10-17(18)19(22(24)26)15-23-13-7-2-8-14-23/h3-6,9-12,15H,2,7-8,13-14H2,1H3. The Morgan fingerprint density at radius 1 is 0.808 bits per heavy atom. The Labute approximate surface area is 153 Å². The van der Waals surface area contributed by atoms with Gasteiger partial charge in [0.05, 0.1) is 11.3 Å². The number of amides is 2. The molecule has 2 aromatic rings. The highest BCUT2D eigenvalue weighted by Crippen LogP contribution is 2.34. The van der Waals surface area contributed by atoms with Gasteiger partial charge in [0.1, 0.15) is 0 Å². The Kier molecular flexibility index (Phi) is 4.33. The van der Waals surface area contributed by atoms with Crippen molar-refractivity contribution in [1.82, 2.24) is 4.90 Å². The summed E-state index contributed by atoms with van der Waals surface area (Å²) in [7, 11) is 0. The molecule has 0 radical (unpaired) electrons. The molecular formula is C22H22N2O2. The number of hydrogen-bond donors (Lipinski definition) is 0. The molecule has 0 spiro atoms. The predicted octanol–water partition coefficient (Wildman–Crippen LogP) is 4.01. The monoisotopic (exact) mass is 346 g/mol. The first-order valence-corrected chi connectivity index (χ1v) is 9.16. The zero-order valence-corrected chi connectivity index (χ0v) is 14.9. The summed E-state index contributed by atoms with van der Waals surface area (Å²) in [6, 6.07) is 14.9. The molecule has 2 aliphatic rings. The number of nitrogens with zero attached hydrogens (tertiary/aromatic N) is 2. The number of carbonyl (C=O) groups is 2. The number of benzene rings is 2. The van der Waals surface area contributed by atoms with Crippen LogP contribution in [0.1, 0.15) is 40.7 Å². The van der Waals surface area contributed by atoms with E-state index in [0.29, 0.717) is 16.8 Å². The van der Waals surface area contributed by atoms with Gasteiger partial charge in [-0.1, -0.05) is 36.4 Å². The van der Waals surface area contributed by atoms with Crippen LogP contribution in [0, 0.1) is 6.92 Å². The van der Waals surface area contributed by atoms with Crippen LogP contribution in [-0.2, 0) is 4.79 Å². The van der Waals surface area contributed by atoms with Gasteiger partial charge < -0.3 is 4.90 Å². The molecule has 4 rings (SSSR count). The van der Waals surface area contributed by atoms with Crippen LogP contribution in [0.5, 0.6) is 0 Å². The van der Waals surface area contributed by atoms with Gasteiger partial charge in [0.2, 0.25) is 0 Å². The van der Waals surface area contributed by atoms with Crippen LogP contribution < -0.4 is 4.90 Å². The SMILES string of the molecule is Cc1ccccc1N1C(=O)C(=CN2CCCCC2)c2ccccc2C1=O. The molecule has 4 nitrogen and oxygen atoms in total. The zero-order valence-electron chi connectivity index (χ0n) is 14.9. The summed E-state index contributed by atoms with van der Waals surface area (Å²) >= 11 is 0. The van der Waals surface area contributed by atoms with Gasteiger partial charge in [-0.05, 0) is 43.9 Å². The number of fused-ring (bicyclic) bond motifs is 1. The average molecular weight is 346 g/mol. The first-order valence-electron chi connectivity index (χ1n) is 9.16. The summed E-state index contributed by atoms with van der Waals surface area (Å²) in [6.07, 6.45) is 5.47. The van der Waals surface area contributed by atoms with E-state index in [0.717, 1.165) is 37.1 Å². The third-order valence-corrected chi connectivity index (χ3v) is 5.14. The van der Waals surface area contributed by atoms with Gasteiger partial charge in [-0.25, -0.2) is 4.90 Å². The third-order valence-electron chi connectivity index (χ3n) is 5.14. The molecule has 0 aliphatic carbocycles. The van der Waals surface area contributed by atoms with Crippen molar-refractivity contribution < 1.29 is 9.59 Å². The maximum absolute atomic E-state index is 13.3. The van der Waals surface area contributed by atoms with Crippen molar-refractivity contribution in [1.29, 1.82) is 0 Å². The van der Waals surface area contributed by atoms with Crippen molar-refractivity contribution in [2.24, 2.45) is 0 Å². The maximum Gasteiger partial charge on any atom is 0.267 e. The largest absolute Gasteiger partial charge is 0.377 e. The van der Waals surface area contributed by atoms with Gasteiger partial charge in [0, 0.05) is 30.4 Å². The summed E-state index contributed by atoms with van der Waals surface area (Å²) in [6.45, 7) is 3.83. The van der Waals surface area contributed by atoms with Gasteiger partial charge in [0.25, 0.3) is 11.8 Å². The number of carbonyl (C=O) groups excluding carboxylic acids is 2. The first kappa shape index (κ1) is 16.6. The molecule has 0 bridgehead atoms. The number of aryl methyl sites for hydroxylation is 1. The van der Waals surface area contributed by atoms with E-state index in [4.69, 9.17) is 0 Å². The smallest absolute Gasteiger partial charge is 0.267 e. The minimum atomic E-state index is -0.254. The summed E-state index contributed by atoms with van der Waals surface area (Å²) < 4.78 is 0. The van der Waals surface area contributed by atoms with Crippen molar-refractivity contribution in [3.8, 4) is 0 Å². The molecule has 132 valence electrons. The van der Waals surface area contributed by atoms with E-state index < -0.39 is 0 Å². The fourth-order valence-electron chi connectivity index (χ4n) is 3.74. The first-order chi connectivity index (χ1) is 12.7. The second kappa shape index (κ2) is 6.79. The highest BCUT2D eigenvalue weighted by atomic mass is 16.2. The van der Waals surface area contributed by atoms with Gasteiger partial charge in [0.15, 0.2) is 0 Å². The Morgan fingerprint density at radius 2 is 1.46 bits per heavy atom. The van der Waals surface area contributed by atoms with Gasteiger partial charge >= 0.3 is 0 Å². The van der Waals surface area contributed by atoms with Crippen molar-refractivity contribution in [2.45, 2.75) is 26.2 Å². The molecule has 2 aromatic carbocycles. The molecule has 4 heteroatoms. The van der Waals surface area contributed by atoms with Crippen molar-refractivity contribution >= 4 is 23.1 Å². The van der Waals surface area contributed by atoms with E-state index in [2.05, 4.69) is 4.90 Å². The summed E-state index contributed by atoms with van der Waals surface area (Å²) in [5, 5.41) is 0. The van der Waals surface area contributed by atoms with E-state index in [1.807, 2.05) is 55.6 Å². The van der Waals surface area contributed by atoms with Gasteiger partial charge in [-0.2, -0.15) is 0 Å². The van der Waals surface area contributed by atoms with Crippen molar-refractivity contribution in [3.63, 3.8) is 0 Å². The van der Waals surface area contributed by atoms with Crippen LogP contribution in [0.15, 0.2) is 54.7 Å². The topological polar surface area (TPSA) is 40.6 Å². The molecule has 0 N–H and O–H groups in total. The second-order valence-electron chi connectivity index (χ2n) is 6.92. The molecule has 0 atom stereocenters. The molecule has 2 amide bonds. The molecule has 2 aliphatic heterocycles. The van der Waals surface area contributed by atoms with Gasteiger partial charge in [-0.15, -0.1) is 0 Å². The number of rotatable bonds is 2. The fourth-order valence-corrected chi connectivity index (χ4v) is 3.74. The predicted molar refractivity (Wildman–Crippen MR) is 103 cm³/mol. The lowest BCUT2D eigenvalue weighted by Crippen LogP contribution is -2.42. The number of para-hydroxylation sites is 1. The summed E-state index contributed by atoms with van der Waals surface area (Å²) in [5.41, 5.74) is 3.48. The summed E-state index contributed by atoms with van der Waals surface area (Å²) in [5.74, 6) is -0.496. The molecule has 1 fully saturated rings. The van der Waals surface area contributed by atoms with Crippen molar-refractivity contribution in [2.75, 3.05) is 18.0 Å². The van der Waals surface area contributed by atoms with E-state index in [-0.39, 0.29) is 11.8 Å². The number of imide groups is 1. The van der Waals surface area contributed by atoms with E-state index in [1.165, 1.54) is 11.3 Å². The van der Waals surface area contributed by atoms with Crippen LogP contribution in [0.25, 0.3) is 5.57 Å². The van der Waals surface area contributed by atoms with Crippen LogP contribution in [-0.4, -0.2) is 29.8 Å². The lowest BCUT2D eigenvalue weighted by Gasteiger charge is -2.32. The average Bonchev–Trinajstić information content (AvgIpc) is 2.67. The minimum absolute atomic E-state index is 0.242. The Morgan fingerprint density at radius 3 is 2.19 bits per heavy atom. The normalized spacial score (nSPS) is 19.0. The molecular weight excluding hydrogens is 324 g/mol. The van der Waals surface area contributed by atoms with E-state index in [1.54, 1.807) is 6.07 Å². The van der Waals surface area contributed by atoms with Crippen LogP contribution >= 0.6 is 0 Å². The Bertz CT molecular complexity index is 895. The maximum atomic E-state index is 13.3. The quantitative estimate of drug-likeness (QED) is 0.609. The molecule has 1 saturated heterocycles.